The van der Waals surface area contributed by atoms with Gasteiger partial charge in [0.05, 0.1) is 35.4 Å². The number of hydrogen-bond donors (Lipinski definition) is 1. The lowest BCUT2D eigenvalue weighted by Gasteiger charge is -2.33. The quantitative estimate of drug-likeness (QED) is 0.689. The number of furan rings is 1. The summed E-state index contributed by atoms with van der Waals surface area (Å²) in [5, 5.41) is 3.95. The molecule has 3 heterocycles. The summed E-state index contributed by atoms with van der Waals surface area (Å²) in [6.07, 6.45) is 1.67. The van der Waals surface area contributed by atoms with Crippen molar-refractivity contribution in [1.82, 2.24) is 15.2 Å². The van der Waals surface area contributed by atoms with E-state index in [4.69, 9.17) is 9.15 Å². The van der Waals surface area contributed by atoms with E-state index in [2.05, 4.69) is 15.2 Å². The summed E-state index contributed by atoms with van der Waals surface area (Å²) in [5.74, 6) is 0.688. The molecule has 0 aliphatic carbocycles. The Balaban J connectivity index is 1.51. The molecule has 2 aromatic heterocycles. The monoisotopic (exact) mass is 397 g/mol. The predicted octanol–water partition coefficient (Wildman–Crippen LogP) is 3.51. The van der Waals surface area contributed by atoms with Crippen molar-refractivity contribution in [1.29, 1.82) is 0 Å². The van der Waals surface area contributed by atoms with E-state index < -0.39 is 0 Å². The number of amides is 1. The maximum atomic E-state index is 13.0. The van der Waals surface area contributed by atoms with Crippen molar-refractivity contribution in [3.63, 3.8) is 0 Å². The number of hydrogen-bond acceptors (Lipinski definition) is 6. The van der Waals surface area contributed by atoms with Crippen molar-refractivity contribution in [3.8, 4) is 10.4 Å². The molecule has 3 aromatic rings. The van der Waals surface area contributed by atoms with Crippen LogP contribution in [-0.4, -0.2) is 48.6 Å². The van der Waals surface area contributed by atoms with Gasteiger partial charge in [0.25, 0.3) is 5.91 Å². The summed E-state index contributed by atoms with van der Waals surface area (Å²) >= 11 is 1.54. The molecule has 0 radical (unpaired) electrons. The molecule has 0 spiro atoms. The summed E-state index contributed by atoms with van der Waals surface area (Å²) in [7, 11) is 0. The third kappa shape index (κ3) is 4.16. The van der Waals surface area contributed by atoms with Crippen LogP contribution in [0.2, 0.25) is 0 Å². The van der Waals surface area contributed by atoms with Crippen LogP contribution in [0.3, 0.4) is 0 Å². The van der Waals surface area contributed by atoms with Crippen LogP contribution in [0.4, 0.5) is 0 Å². The van der Waals surface area contributed by atoms with Gasteiger partial charge in [-0.15, -0.1) is 11.3 Å². The Kier molecular flexibility index (Phi) is 5.85. The molecule has 1 unspecified atom stereocenters. The Morgan fingerprint density at radius 2 is 2.00 bits per heavy atom. The molecular weight excluding hydrogens is 374 g/mol. The highest BCUT2D eigenvalue weighted by Gasteiger charge is 2.26. The lowest BCUT2D eigenvalue weighted by molar-refractivity contribution is 0.0118. The molecule has 0 saturated carbocycles. The lowest BCUT2D eigenvalue weighted by Crippen LogP contribution is -2.43. The average Bonchev–Trinajstić information content (AvgIpc) is 3.39. The number of carbonyl (C=O) groups is 1. The Morgan fingerprint density at radius 1 is 1.21 bits per heavy atom. The van der Waals surface area contributed by atoms with Gasteiger partial charge < -0.3 is 14.5 Å². The molecule has 6 nitrogen and oxygen atoms in total. The van der Waals surface area contributed by atoms with Crippen molar-refractivity contribution in [2.24, 2.45) is 0 Å². The van der Waals surface area contributed by atoms with E-state index in [9.17, 15) is 4.79 Å². The van der Waals surface area contributed by atoms with Gasteiger partial charge in [-0.2, -0.15) is 0 Å². The van der Waals surface area contributed by atoms with Crippen molar-refractivity contribution in [2.45, 2.75) is 13.0 Å². The molecule has 1 fully saturated rings. The highest BCUT2D eigenvalue weighted by Crippen LogP contribution is 2.30. The minimum Gasteiger partial charge on any atom is -0.468 e. The first-order valence-corrected chi connectivity index (χ1v) is 10.2. The second-order valence-electron chi connectivity index (χ2n) is 6.67. The Labute approximate surface area is 168 Å². The van der Waals surface area contributed by atoms with E-state index in [0.717, 1.165) is 34.3 Å². The van der Waals surface area contributed by atoms with E-state index in [1.165, 1.54) is 11.3 Å². The normalized spacial score (nSPS) is 16.0. The zero-order valence-electron chi connectivity index (χ0n) is 15.8. The number of aryl methyl sites for hydroxylation is 1. The van der Waals surface area contributed by atoms with Gasteiger partial charge in [-0.25, -0.2) is 4.98 Å². The summed E-state index contributed by atoms with van der Waals surface area (Å²) < 4.78 is 11.1. The average molecular weight is 398 g/mol. The molecule has 7 heteroatoms. The van der Waals surface area contributed by atoms with Crippen molar-refractivity contribution in [2.75, 3.05) is 32.8 Å². The number of morpholine rings is 1. The molecule has 0 bridgehead atoms. The van der Waals surface area contributed by atoms with Crippen LogP contribution in [0.15, 0.2) is 53.1 Å². The second-order valence-corrected chi connectivity index (χ2v) is 7.87. The van der Waals surface area contributed by atoms with Crippen molar-refractivity contribution >= 4 is 17.2 Å². The van der Waals surface area contributed by atoms with Crippen LogP contribution in [-0.2, 0) is 4.74 Å². The van der Waals surface area contributed by atoms with Crippen molar-refractivity contribution < 1.29 is 13.9 Å². The predicted molar refractivity (Wildman–Crippen MR) is 108 cm³/mol. The first-order chi connectivity index (χ1) is 13.7. The molecule has 1 aromatic carbocycles. The second kappa shape index (κ2) is 8.68. The van der Waals surface area contributed by atoms with Gasteiger partial charge in [-0.3, -0.25) is 9.69 Å². The van der Waals surface area contributed by atoms with Gasteiger partial charge in [0, 0.05) is 19.6 Å². The highest BCUT2D eigenvalue weighted by atomic mass is 32.1. The topological polar surface area (TPSA) is 67.6 Å². The van der Waals surface area contributed by atoms with E-state index in [-0.39, 0.29) is 11.9 Å². The molecular formula is C21H23N3O3S. The number of rotatable bonds is 6. The third-order valence-corrected chi connectivity index (χ3v) is 5.82. The first kappa shape index (κ1) is 18.9. The Hall–Kier alpha value is -2.48. The van der Waals surface area contributed by atoms with E-state index >= 15 is 0 Å². The summed E-state index contributed by atoms with van der Waals surface area (Å²) in [6.45, 7) is 5.38. The molecule has 1 aliphatic rings. The van der Waals surface area contributed by atoms with Gasteiger partial charge in [0.15, 0.2) is 0 Å². The molecule has 1 N–H and O–H groups in total. The summed E-state index contributed by atoms with van der Waals surface area (Å²) in [4.78, 5) is 20.6. The molecule has 4 rings (SSSR count). The van der Waals surface area contributed by atoms with Gasteiger partial charge in [-0.1, -0.05) is 30.3 Å². The number of ether oxygens (including phenoxy) is 1. The van der Waals surface area contributed by atoms with Gasteiger partial charge in [0.1, 0.15) is 11.5 Å². The van der Waals surface area contributed by atoms with Crippen LogP contribution in [0.25, 0.3) is 10.4 Å². The number of nitrogens with zero attached hydrogens (tertiary/aromatic N) is 2. The Morgan fingerprint density at radius 3 is 2.71 bits per heavy atom. The fourth-order valence-electron chi connectivity index (χ4n) is 3.42. The van der Waals surface area contributed by atoms with Crippen molar-refractivity contribution in [3.05, 3.63) is 65.2 Å². The standard InChI is InChI=1S/C21H23N3O3S/c1-15-23-19(20(28-15)16-6-3-2-4-7-16)21(25)22-14-17(18-8-5-11-27-18)24-9-12-26-13-10-24/h2-8,11,17H,9-10,12-14H2,1H3,(H,22,25). The first-order valence-electron chi connectivity index (χ1n) is 9.38. The third-order valence-electron chi connectivity index (χ3n) is 4.80. The lowest BCUT2D eigenvalue weighted by atomic mass is 10.1. The molecule has 1 amide bonds. The van der Waals surface area contributed by atoms with Gasteiger partial charge in [-0.05, 0) is 24.6 Å². The van der Waals surface area contributed by atoms with Crippen LogP contribution >= 0.6 is 11.3 Å². The van der Waals surface area contributed by atoms with E-state index in [1.54, 1.807) is 6.26 Å². The van der Waals surface area contributed by atoms with E-state index in [0.29, 0.717) is 25.5 Å². The molecule has 1 atom stereocenters. The Bertz CT molecular complexity index is 902. The maximum absolute atomic E-state index is 13.0. The molecule has 146 valence electrons. The van der Waals surface area contributed by atoms with Gasteiger partial charge in [0.2, 0.25) is 0 Å². The molecule has 28 heavy (non-hydrogen) atoms. The fraction of sp³-hybridized carbons (Fsp3) is 0.333. The maximum Gasteiger partial charge on any atom is 0.271 e. The largest absolute Gasteiger partial charge is 0.468 e. The smallest absolute Gasteiger partial charge is 0.271 e. The number of thiazole rings is 1. The summed E-state index contributed by atoms with van der Waals surface area (Å²) in [5.41, 5.74) is 1.49. The number of aromatic nitrogens is 1. The zero-order chi connectivity index (χ0) is 19.3. The summed E-state index contributed by atoms with van der Waals surface area (Å²) in [6, 6.07) is 13.7. The minimum atomic E-state index is -0.159. The van der Waals surface area contributed by atoms with Crippen LogP contribution in [0.1, 0.15) is 27.3 Å². The highest BCUT2D eigenvalue weighted by molar-refractivity contribution is 7.15. The number of carbonyl (C=O) groups excluding carboxylic acids is 1. The molecule has 1 saturated heterocycles. The zero-order valence-corrected chi connectivity index (χ0v) is 16.6. The molecule has 1 aliphatic heterocycles. The SMILES string of the molecule is Cc1nc(C(=O)NCC(c2ccco2)N2CCOCC2)c(-c2ccccc2)s1. The van der Waals surface area contributed by atoms with Crippen LogP contribution in [0, 0.1) is 6.92 Å². The van der Waals surface area contributed by atoms with Crippen LogP contribution < -0.4 is 5.32 Å². The fourth-order valence-corrected chi connectivity index (χ4v) is 4.34. The minimum absolute atomic E-state index is 0.0252. The van der Waals surface area contributed by atoms with E-state index in [1.807, 2.05) is 49.4 Å². The van der Waals surface area contributed by atoms with Gasteiger partial charge >= 0.3 is 0 Å². The number of benzene rings is 1. The number of nitrogens with one attached hydrogen (secondary N) is 1. The van der Waals surface area contributed by atoms with Crippen LogP contribution in [0.5, 0.6) is 0 Å².